The molecule has 2 aromatic carbocycles. The smallest absolute Gasteiger partial charge is 0.322 e. The van der Waals surface area contributed by atoms with Gasteiger partial charge in [-0.15, -0.1) is 0 Å². The van der Waals surface area contributed by atoms with E-state index in [2.05, 4.69) is 66.3 Å². The van der Waals surface area contributed by atoms with Crippen LogP contribution in [0.2, 0.25) is 0 Å². The number of nitrogens with two attached hydrogens (primary N) is 1. The highest BCUT2D eigenvalue weighted by Gasteiger charge is 2.04. The van der Waals surface area contributed by atoms with Crippen LogP contribution < -0.4 is 5.73 Å². The Bertz CT molecular complexity index is 579. The van der Waals surface area contributed by atoms with E-state index in [1.54, 1.807) is 6.92 Å². The Hall–Kier alpha value is -2.13. The number of hydrogen-bond acceptors (Lipinski definition) is 3. The Morgan fingerprint density at radius 1 is 1.09 bits per heavy atom. The number of aryl methyl sites for hydroxylation is 1. The van der Waals surface area contributed by atoms with Crippen molar-refractivity contribution in [3.05, 3.63) is 60.2 Å². The summed E-state index contributed by atoms with van der Waals surface area (Å²) in [5.74, 6) is -0.375. The second-order valence-corrected chi connectivity index (χ2v) is 5.44. The number of carbonyl (C=O) groups excluding carboxylic acids is 1. The van der Waals surface area contributed by atoms with Crippen LogP contribution in [-0.2, 0) is 16.0 Å². The van der Waals surface area contributed by atoms with Gasteiger partial charge in [-0.3, -0.25) is 4.79 Å². The van der Waals surface area contributed by atoms with Gasteiger partial charge < -0.3 is 10.5 Å². The number of ether oxygens (including phenoxy) is 1. The molecule has 23 heavy (non-hydrogen) atoms. The monoisotopic (exact) mass is 313 g/mol. The molecule has 0 heterocycles. The Balaban J connectivity index is 0.000000322. The van der Waals surface area contributed by atoms with Crippen LogP contribution in [0.4, 0.5) is 0 Å². The highest BCUT2D eigenvalue weighted by Crippen LogP contribution is 2.24. The van der Waals surface area contributed by atoms with E-state index in [9.17, 15) is 4.79 Å². The van der Waals surface area contributed by atoms with Crippen LogP contribution in [0.5, 0.6) is 0 Å². The summed E-state index contributed by atoms with van der Waals surface area (Å²) < 4.78 is 4.25. The van der Waals surface area contributed by atoms with E-state index in [1.165, 1.54) is 43.1 Å². The number of benzene rings is 2. The maximum absolute atomic E-state index is 10.2. The predicted octanol–water partition coefficient (Wildman–Crippen LogP) is 4.20. The number of esters is 1. The highest BCUT2D eigenvalue weighted by molar-refractivity contribution is 5.74. The number of carbonyl (C=O) groups is 1. The molecule has 0 spiro atoms. The third-order valence-electron chi connectivity index (χ3n) is 3.47. The first-order valence-electron chi connectivity index (χ1n) is 8.06. The zero-order chi connectivity index (χ0) is 17.1. The average Bonchev–Trinajstić information content (AvgIpc) is 2.60. The van der Waals surface area contributed by atoms with E-state index in [0.717, 1.165) is 0 Å². The van der Waals surface area contributed by atoms with Gasteiger partial charge >= 0.3 is 5.97 Å². The van der Waals surface area contributed by atoms with Crippen molar-refractivity contribution in [3.63, 3.8) is 0 Å². The van der Waals surface area contributed by atoms with Crippen molar-refractivity contribution in [1.82, 2.24) is 0 Å². The lowest BCUT2D eigenvalue weighted by Crippen LogP contribution is -2.27. The zero-order valence-electron chi connectivity index (χ0n) is 14.3. The fourth-order valence-corrected chi connectivity index (χ4v) is 2.19. The molecule has 1 atom stereocenters. The topological polar surface area (TPSA) is 52.3 Å². The largest absolute Gasteiger partial charge is 0.468 e. The van der Waals surface area contributed by atoms with Crippen molar-refractivity contribution in [2.45, 2.75) is 39.2 Å². The summed E-state index contributed by atoms with van der Waals surface area (Å²) in [5.41, 5.74) is 9.25. The van der Waals surface area contributed by atoms with Gasteiger partial charge in [0, 0.05) is 0 Å². The highest BCUT2D eigenvalue weighted by atomic mass is 16.5. The summed E-state index contributed by atoms with van der Waals surface area (Å²) in [6.07, 6.45) is 3.70. The summed E-state index contributed by atoms with van der Waals surface area (Å²) in [6.45, 7) is 3.82. The van der Waals surface area contributed by atoms with E-state index in [-0.39, 0.29) is 5.97 Å². The SMILES string of the molecule is CCCCc1ccccc1-c1ccccc1.COC(=O)C(C)N. The maximum atomic E-state index is 10.2. The average molecular weight is 313 g/mol. The molecule has 3 heteroatoms. The van der Waals surface area contributed by atoms with Crippen molar-refractivity contribution in [3.8, 4) is 11.1 Å². The molecule has 0 saturated carbocycles. The zero-order valence-corrected chi connectivity index (χ0v) is 14.3. The molecule has 0 amide bonds. The van der Waals surface area contributed by atoms with Gasteiger partial charge in [-0.1, -0.05) is 67.9 Å². The Morgan fingerprint density at radius 2 is 1.70 bits per heavy atom. The first kappa shape index (κ1) is 18.9. The molecule has 0 saturated heterocycles. The van der Waals surface area contributed by atoms with Gasteiger partial charge in [0.2, 0.25) is 0 Å². The summed E-state index contributed by atoms with van der Waals surface area (Å²) >= 11 is 0. The molecule has 0 bridgehead atoms. The van der Waals surface area contributed by atoms with Gasteiger partial charge in [0.1, 0.15) is 6.04 Å². The molecule has 0 fully saturated rings. The lowest BCUT2D eigenvalue weighted by atomic mass is 9.96. The van der Waals surface area contributed by atoms with Crippen molar-refractivity contribution in [2.24, 2.45) is 5.73 Å². The van der Waals surface area contributed by atoms with E-state index >= 15 is 0 Å². The molecule has 2 aromatic rings. The third kappa shape index (κ3) is 6.66. The van der Waals surface area contributed by atoms with E-state index in [0.29, 0.717) is 0 Å². The van der Waals surface area contributed by atoms with Crippen LogP contribution in [0.3, 0.4) is 0 Å². The maximum Gasteiger partial charge on any atom is 0.322 e. The van der Waals surface area contributed by atoms with Crippen molar-refractivity contribution in [2.75, 3.05) is 7.11 Å². The lowest BCUT2D eigenvalue weighted by molar-refractivity contribution is -0.141. The fraction of sp³-hybridized carbons (Fsp3) is 0.350. The number of hydrogen-bond donors (Lipinski definition) is 1. The van der Waals surface area contributed by atoms with Crippen LogP contribution >= 0.6 is 0 Å². The summed E-state index contributed by atoms with van der Waals surface area (Å²) in [6, 6.07) is 18.9. The van der Waals surface area contributed by atoms with Gasteiger partial charge in [0.05, 0.1) is 7.11 Å². The van der Waals surface area contributed by atoms with E-state index in [1.807, 2.05) is 0 Å². The minimum atomic E-state index is -0.495. The molecule has 2 N–H and O–H groups in total. The van der Waals surface area contributed by atoms with Crippen molar-refractivity contribution in [1.29, 1.82) is 0 Å². The Labute approximate surface area is 139 Å². The second kappa shape index (κ2) is 10.6. The lowest BCUT2D eigenvalue weighted by Gasteiger charge is -2.08. The van der Waals surface area contributed by atoms with Crippen LogP contribution in [-0.4, -0.2) is 19.1 Å². The van der Waals surface area contributed by atoms with Gasteiger partial charge in [-0.2, -0.15) is 0 Å². The van der Waals surface area contributed by atoms with Gasteiger partial charge in [-0.25, -0.2) is 0 Å². The predicted molar refractivity (Wildman–Crippen MR) is 96.2 cm³/mol. The van der Waals surface area contributed by atoms with Crippen molar-refractivity contribution < 1.29 is 9.53 Å². The minimum absolute atomic E-state index is 0.375. The first-order valence-corrected chi connectivity index (χ1v) is 8.06. The van der Waals surface area contributed by atoms with Crippen LogP contribution in [0.25, 0.3) is 11.1 Å². The van der Waals surface area contributed by atoms with E-state index in [4.69, 9.17) is 5.73 Å². The molecule has 0 aliphatic heterocycles. The molecular formula is C20H27NO2. The Kier molecular flexibility index (Phi) is 8.70. The normalized spacial score (nSPS) is 11.1. The molecule has 0 radical (unpaired) electrons. The van der Waals surface area contributed by atoms with Gasteiger partial charge in [0.25, 0.3) is 0 Å². The number of methoxy groups -OCH3 is 1. The van der Waals surface area contributed by atoms with Crippen LogP contribution in [0.15, 0.2) is 54.6 Å². The number of rotatable bonds is 5. The third-order valence-corrected chi connectivity index (χ3v) is 3.47. The summed E-state index contributed by atoms with van der Waals surface area (Å²) in [7, 11) is 1.31. The Morgan fingerprint density at radius 3 is 2.22 bits per heavy atom. The van der Waals surface area contributed by atoms with Crippen LogP contribution in [0, 0.1) is 0 Å². The molecule has 0 aromatic heterocycles. The molecule has 1 unspecified atom stereocenters. The number of unbranched alkanes of at least 4 members (excludes halogenated alkanes) is 1. The van der Waals surface area contributed by atoms with Crippen LogP contribution in [0.1, 0.15) is 32.3 Å². The van der Waals surface area contributed by atoms with Gasteiger partial charge in [0.15, 0.2) is 0 Å². The molecular weight excluding hydrogens is 286 g/mol. The standard InChI is InChI=1S/C16H18.C4H9NO2/c1-2-3-9-14-12-7-8-13-16(14)15-10-5-4-6-11-15;1-3(5)4(6)7-2/h4-8,10-13H,2-3,9H2,1H3;3H,5H2,1-2H3. The first-order chi connectivity index (χ1) is 11.1. The molecule has 2 rings (SSSR count). The summed E-state index contributed by atoms with van der Waals surface area (Å²) in [5, 5.41) is 0. The van der Waals surface area contributed by atoms with Crippen molar-refractivity contribution >= 4 is 5.97 Å². The molecule has 0 aliphatic carbocycles. The second-order valence-electron chi connectivity index (χ2n) is 5.44. The van der Waals surface area contributed by atoms with Gasteiger partial charge in [-0.05, 0) is 36.5 Å². The quantitative estimate of drug-likeness (QED) is 0.842. The molecule has 3 nitrogen and oxygen atoms in total. The van der Waals surface area contributed by atoms with E-state index < -0.39 is 6.04 Å². The molecule has 0 aliphatic rings. The fourth-order valence-electron chi connectivity index (χ4n) is 2.19. The molecule has 124 valence electrons. The summed E-state index contributed by atoms with van der Waals surface area (Å²) in [4.78, 5) is 10.2. The minimum Gasteiger partial charge on any atom is -0.468 e.